The monoisotopic (exact) mass is 312 g/mol. The van der Waals surface area contributed by atoms with Crippen LogP contribution in [-0.2, 0) is 0 Å². The molecule has 0 radical (unpaired) electrons. The van der Waals surface area contributed by atoms with Crippen LogP contribution in [0.5, 0.6) is 5.75 Å². The fourth-order valence-electron chi connectivity index (χ4n) is 2.81. The first-order chi connectivity index (χ1) is 11.8. The summed E-state index contributed by atoms with van der Waals surface area (Å²) in [6.45, 7) is 0. The molecule has 0 saturated carbocycles. The molecule has 0 saturated heterocycles. The number of H-pyrrole nitrogens is 1. The van der Waals surface area contributed by atoms with Crippen LogP contribution in [0.15, 0.2) is 72.9 Å². The van der Waals surface area contributed by atoms with Crippen LogP contribution < -0.4 is 0 Å². The standard InChI is InChI=1S/C21H16N2O/c24-20-11-4-2-7-16(20)12-13-21-22-14-19(23-21)18-10-5-8-15-6-1-3-9-17(15)18/h1-14,24H,(H,22,23). The van der Waals surface area contributed by atoms with Crippen LogP contribution in [0, 0.1) is 0 Å². The second kappa shape index (κ2) is 6.05. The van der Waals surface area contributed by atoms with Gasteiger partial charge < -0.3 is 10.1 Å². The summed E-state index contributed by atoms with van der Waals surface area (Å²) in [6.07, 6.45) is 5.62. The molecule has 3 aromatic carbocycles. The van der Waals surface area contributed by atoms with Crippen molar-refractivity contribution in [2.45, 2.75) is 0 Å². The fraction of sp³-hybridized carbons (Fsp3) is 0. The van der Waals surface area contributed by atoms with Crippen molar-refractivity contribution in [3.05, 3.63) is 84.3 Å². The van der Waals surface area contributed by atoms with Crippen molar-refractivity contribution in [2.24, 2.45) is 0 Å². The molecular formula is C21H16N2O. The molecule has 3 nitrogen and oxygen atoms in total. The second-order valence-electron chi connectivity index (χ2n) is 5.59. The third-order valence-corrected chi connectivity index (χ3v) is 4.02. The number of nitrogens with zero attached hydrogens (tertiary/aromatic N) is 1. The Morgan fingerprint density at radius 3 is 2.54 bits per heavy atom. The number of benzene rings is 3. The quantitative estimate of drug-likeness (QED) is 0.552. The maximum absolute atomic E-state index is 9.81. The minimum Gasteiger partial charge on any atom is -0.507 e. The average Bonchev–Trinajstić information content (AvgIpc) is 3.09. The summed E-state index contributed by atoms with van der Waals surface area (Å²) in [4.78, 5) is 7.83. The zero-order valence-electron chi connectivity index (χ0n) is 13.0. The van der Waals surface area contributed by atoms with Gasteiger partial charge in [-0.2, -0.15) is 0 Å². The van der Waals surface area contributed by atoms with E-state index in [0.717, 1.165) is 22.6 Å². The number of imidazole rings is 1. The van der Waals surface area contributed by atoms with E-state index in [-0.39, 0.29) is 5.75 Å². The molecule has 0 bridgehead atoms. The Hall–Kier alpha value is -3.33. The van der Waals surface area contributed by atoms with Gasteiger partial charge in [-0.05, 0) is 29.0 Å². The van der Waals surface area contributed by atoms with Crippen molar-refractivity contribution in [2.75, 3.05) is 0 Å². The van der Waals surface area contributed by atoms with Gasteiger partial charge in [-0.15, -0.1) is 0 Å². The summed E-state index contributed by atoms with van der Waals surface area (Å²) in [5, 5.41) is 12.2. The molecule has 1 aromatic heterocycles. The lowest BCUT2D eigenvalue weighted by atomic mass is 10.0. The SMILES string of the molecule is Oc1ccccc1C=Cc1nc(-c2cccc3ccccc23)c[nH]1. The molecule has 4 rings (SSSR count). The summed E-state index contributed by atoms with van der Waals surface area (Å²) >= 11 is 0. The van der Waals surface area contributed by atoms with Crippen LogP contribution in [0.25, 0.3) is 34.2 Å². The van der Waals surface area contributed by atoms with Gasteiger partial charge in [0.25, 0.3) is 0 Å². The van der Waals surface area contributed by atoms with Crippen molar-refractivity contribution in [1.29, 1.82) is 0 Å². The summed E-state index contributed by atoms with van der Waals surface area (Å²) in [5.41, 5.74) is 2.77. The van der Waals surface area contributed by atoms with E-state index in [1.807, 2.05) is 48.7 Å². The number of para-hydroxylation sites is 1. The number of hydrogen-bond acceptors (Lipinski definition) is 2. The Morgan fingerprint density at radius 1 is 0.833 bits per heavy atom. The molecule has 0 unspecified atom stereocenters. The predicted octanol–water partition coefficient (Wildman–Crippen LogP) is 5.11. The molecule has 0 atom stereocenters. The Labute approximate surface area is 139 Å². The highest BCUT2D eigenvalue weighted by Crippen LogP contribution is 2.27. The first kappa shape index (κ1) is 14.3. The Kier molecular flexibility index (Phi) is 3.60. The van der Waals surface area contributed by atoms with Crippen molar-refractivity contribution >= 4 is 22.9 Å². The third-order valence-electron chi connectivity index (χ3n) is 4.02. The van der Waals surface area contributed by atoms with E-state index in [9.17, 15) is 5.11 Å². The van der Waals surface area contributed by atoms with E-state index < -0.39 is 0 Å². The van der Waals surface area contributed by atoms with Crippen molar-refractivity contribution in [3.8, 4) is 17.0 Å². The molecule has 0 aliphatic rings. The van der Waals surface area contributed by atoms with E-state index in [1.165, 1.54) is 10.8 Å². The topological polar surface area (TPSA) is 48.9 Å². The number of aromatic hydroxyl groups is 1. The van der Waals surface area contributed by atoms with Crippen LogP contribution in [-0.4, -0.2) is 15.1 Å². The minimum absolute atomic E-state index is 0.259. The van der Waals surface area contributed by atoms with E-state index in [4.69, 9.17) is 0 Å². The van der Waals surface area contributed by atoms with E-state index >= 15 is 0 Å². The van der Waals surface area contributed by atoms with Gasteiger partial charge in [0.15, 0.2) is 0 Å². The normalized spacial score (nSPS) is 11.3. The first-order valence-corrected chi connectivity index (χ1v) is 7.81. The van der Waals surface area contributed by atoms with Crippen LogP contribution >= 0.6 is 0 Å². The minimum atomic E-state index is 0.259. The van der Waals surface area contributed by atoms with Crippen LogP contribution in [0.1, 0.15) is 11.4 Å². The van der Waals surface area contributed by atoms with Gasteiger partial charge in [0, 0.05) is 17.3 Å². The van der Waals surface area contributed by atoms with E-state index in [1.54, 1.807) is 12.1 Å². The zero-order valence-corrected chi connectivity index (χ0v) is 13.0. The second-order valence-corrected chi connectivity index (χ2v) is 5.59. The molecule has 1 heterocycles. The molecule has 2 N–H and O–H groups in total. The Bertz CT molecular complexity index is 1030. The molecule has 24 heavy (non-hydrogen) atoms. The molecule has 3 heteroatoms. The lowest BCUT2D eigenvalue weighted by molar-refractivity contribution is 0.474. The van der Waals surface area contributed by atoms with Gasteiger partial charge in [0.1, 0.15) is 11.6 Å². The van der Waals surface area contributed by atoms with Gasteiger partial charge in [-0.1, -0.05) is 60.7 Å². The summed E-state index contributed by atoms with van der Waals surface area (Å²) < 4.78 is 0. The lowest BCUT2D eigenvalue weighted by Crippen LogP contribution is -1.81. The predicted molar refractivity (Wildman–Crippen MR) is 98.6 cm³/mol. The molecule has 0 aliphatic carbocycles. The molecule has 0 fully saturated rings. The van der Waals surface area contributed by atoms with Gasteiger partial charge in [-0.3, -0.25) is 0 Å². The number of hydrogen-bond donors (Lipinski definition) is 2. The zero-order chi connectivity index (χ0) is 16.4. The fourth-order valence-corrected chi connectivity index (χ4v) is 2.81. The number of phenolic OH excluding ortho intramolecular Hbond substituents is 1. The molecular weight excluding hydrogens is 296 g/mol. The summed E-state index contributed by atoms with van der Waals surface area (Å²) in [7, 11) is 0. The number of rotatable bonds is 3. The number of fused-ring (bicyclic) bond motifs is 1. The third kappa shape index (κ3) is 2.68. The van der Waals surface area contributed by atoms with Gasteiger partial charge in [-0.25, -0.2) is 4.98 Å². The Balaban J connectivity index is 1.69. The molecule has 0 amide bonds. The smallest absolute Gasteiger partial charge is 0.130 e. The molecule has 4 aromatic rings. The van der Waals surface area contributed by atoms with Gasteiger partial charge in [0.05, 0.1) is 5.69 Å². The van der Waals surface area contributed by atoms with Crippen molar-refractivity contribution in [3.63, 3.8) is 0 Å². The van der Waals surface area contributed by atoms with Crippen molar-refractivity contribution < 1.29 is 5.11 Å². The van der Waals surface area contributed by atoms with E-state index in [0.29, 0.717) is 0 Å². The number of aromatic amines is 1. The highest BCUT2D eigenvalue weighted by atomic mass is 16.3. The van der Waals surface area contributed by atoms with E-state index in [2.05, 4.69) is 34.2 Å². The van der Waals surface area contributed by atoms with Gasteiger partial charge >= 0.3 is 0 Å². The molecule has 0 aliphatic heterocycles. The average molecular weight is 312 g/mol. The maximum Gasteiger partial charge on any atom is 0.130 e. The first-order valence-electron chi connectivity index (χ1n) is 7.81. The van der Waals surface area contributed by atoms with Crippen LogP contribution in [0.4, 0.5) is 0 Å². The van der Waals surface area contributed by atoms with Gasteiger partial charge in [0.2, 0.25) is 0 Å². The largest absolute Gasteiger partial charge is 0.507 e. The lowest BCUT2D eigenvalue weighted by Gasteiger charge is -2.03. The number of phenols is 1. The molecule has 0 spiro atoms. The molecule has 116 valence electrons. The number of nitrogens with one attached hydrogen (secondary N) is 1. The maximum atomic E-state index is 9.81. The summed E-state index contributed by atoms with van der Waals surface area (Å²) in [5.74, 6) is 1.01. The highest BCUT2D eigenvalue weighted by molar-refractivity contribution is 5.95. The Morgan fingerprint density at radius 2 is 1.62 bits per heavy atom. The highest BCUT2D eigenvalue weighted by Gasteiger charge is 2.06. The van der Waals surface area contributed by atoms with Crippen LogP contribution in [0.3, 0.4) is 0 Å². The number of aromatic nitrogens is 2. The van der Waals surface area contributed by atoms with Crippen LogP contribution in [0.2, 0.25) is 0 Å². The summed E-state index contributed by atoms with van der Waals surface area (Å²) in [6, 6.07) is 21.7. The van der Waals surface area contributed by atoms with Crippen molar-refractivity contribution in [1.82, 2.24) is 9.97 Å².